The smallest absolute Gasteiger partial charge is 0.250 e. The molecule has 0 saturated carbocycles. The Kier molecular flexibility index (Phi) is 2.30. The van der Waals surface area contributed by atoms with E-state index in [1.807, 2.05) is 33.2 Å². The van der Waals surface area contributed by atoms with E-state index in [1.165, 1.54) is 0 Å². The highest BCUT2D eigenvalue weighted by Crippen LogP contribution is 2.13. The summed E-state index contributed by atoms with van der Waals surface area (Å²) >= 11 is 0. The Labute approximate surface area is 88.2 Å². The van der Waals surface area contributed by atoms with Gasteiger partial charge in [-0.25, -0.2) is 0 Å². The topological polar surface area (TPSA) is 59.3 Å². The van der Waals surface area contributed by atoms with E-state index in [9.17, 15) is 4.79 Å². The fourth-order valence-electron chi connectivity index (χ4n) is 1.54. The van der Waals surface area contributed by atoms with Crippen LogP contribution in [0.3, 0.4) is 0 Å². The predicted octanol–water partition coefficient (Wildman–Crippen LogP) is 0.321. The normalized spacial score (nSPS) is 20.7. The zero-order valence-electron chi connectivity index (χ0n) is 9.06. The van der Waals surface area contributed by atoms with E-state index >= 15 is 0 Å². The largest absolute Gasteiger partial charge is 0.307 e. The Morgan fingerprint density at radius 3 is 2.73 bits per heavy atom. The molecule has 0 fully saturated rings. The number of aromatic nitrogens is 2. The number of amidine groups is 1. The molecule has 0 spiro atoms. The average Bonchev–Trinajstić information content (AvgIpc) is 2.71. The van der Waals surface area contributed by atoms with Gasteiger partial charge >= 0.3 is 0 Å². The third-order valence-electron chi connectivity index (χ3n) is 2.37. The Bertz CT molecular complexity index is 419. The van der Waals surface area contributed by atoms with E-state index in [0.717, 1.165) is 0 Å². The lowest BCUT2D eigenvalue weighted by atomic mass is 10.1. The Morgan fingerprint density at radius 2 is 2.27 bits per heavy atom. The molecule has 80 valence electrons. The summed E-state index contributed by atoms with van der Waals surface area (Å²) in [4.78, 5) is 15.9. The quantitative estimate of drug-likeness (QED) is 0.757. The summed E-state index contributed by atoms with van der Waals surface area (Å²) < 4.78 is 1.69. The molecule has 0 radical (unpaired) electrons. The van der Waals surface area contributed by atoms with Crippen LogP contribution in [0.15, 0.2) is 17.3 Å². The van der Waals surface area contributed by atoms with Gasteiger partial charge in [-0.3, -0.25) is 14.5 Å². The van der Waals surface area contributed by atoms with Gasteiger partial charge in [0.1, 0.15) is 11.7 Å². The van der Waals surface area contributed by atoms with Crippen LogP contribution in [0.5, 0.6) is 0 Å². The minimum Gasteiger partial charge on any atom is -0.307 e. The molecule has 1 unspecified atom stereocenters. The van der Waals surface area contributed by atoms with Crippen molar-refractivity contribution in [1.82, 2.24) is 15.1 Å². The first-order valence-corrected chi connectivity index (χ1v) is 4.96. The number of amides is 1. The maximum atomic E-state index is 11.5. The Morgan fingerprint density at radius 1 is 1.53 bits per heavy atom. The number of hydrogen-bond acceptors (Lipinski definition) is 3. The van der Waals surface area contributed by atoms with Crippen molar-refractivity contribution in [1.29, 1.82) is 0 Å². The van der Waals surface area contributed by atoms with Crippen molar-refractivity contribution in [2.24, 2.45) is 18.0 Å². The summed E-state index contributed by atoms with van der Waals surface area (Å²) in [6.07, 6.45) is 1.83. The molecule has 1 N–H and O–H groups in total. The Hall–Kier alpha value is -1.65. The van der Waals surface area contributed by atoms with Gasteiger partial charge in [0.2, 0.25) is 0 Å². The second kappa shape index (κ2) is 3.49. The van der Waals surface area contributed by atoms with Crippen LogP contribution < -0.4 is 5.32 Å². The molecule has 0 saturated heterocycles. The summed E-state index contributed by atoms with van der Waals surface area (Å²) in [5.41, 5.74) is 0.717. The molecule has 1 atom stereocenters. The van der Waals surface area contributed by atoms with Crippen LogP contribution in [0.2, 0.25) is 0 Å². The number of nitrogens with one attached hydrogen (secondary N) is 1. The number of rotatable bonds is 2. The Balaban J connectivity index is 2.26. The van der Waals surface area contributed by atoms with E-state index in [1.54, 1.807) is 4.68 Å². The van der Waals surface area contributed by atoms with Crippen molar-refractivity contribution < 1.29 is 4.79 Å². The zero-order chi connectivity index (χ0) is 11.0. The molecule has 0 aromatic carbocycles. The fourth-order valence-corrected chi connectivity index (χ4v) is 1.54. The van der Waals surface area contributed by atoms with Crippen molar-refractivity contribution in [3.63, 3.8) is 0 Å². The number of aryl methyl sites for hydroxylation is 1. The fraction of sp³-hybridized carbons (Fsp3) is 0.500. The first-order valence-electron chi connectivity index (χ1n) is 4.96. The van der Waals surface area contributed by atoms with Crippen molar-refractivity contribution in [2.75, 3.05) is 0 Å². The van der Waals surface area contributed by atoms with Crippen LogP contribution in [0.4, 0.5) is 0 Å². The van der Waals surface area contributed by atoms with E-state index in [-0.39, 0.29) is 17.9 Å². The molecule has 1 aliphatic rings. The summed E-state index contributed by atoms with van der Waals surface area (Å²) in [6, 6.07) is 1.56. The number of carbonyl (C=O) groups excluding carboxylic acids is 1. The number of hydrogen-bond donors (Lipinski definition) is 1. The highest BCUT2D eigenvalue weighted by molar-refractivity contribution is 6.12. The lowest BCUT2D eigenvalue weighted by Gasteiger charge is -2.06. The van der Waals surface area contributed by atoms with Crippen molar-refractivity contribution in [2.45, 2.75) is 19.9 Å². The van der Waals surface area contributed by atoms with Crippen LogP contribution in [-0.4, -0.2) is 27.6 Å². The number of nitrogens with zero attached hydrogens (tertiary/aromatic N) is 3. The minimum atomic E-state index is -0.276. The van der Waals surface area contributed by atoms with E-state index in [0.29, 0.717) is 11.5 Å². The van der Waals surface area contributed by atoms with Gasteiger partial charge in [0, 0.05) is 13.2 Å². The van der Waals surface area contributed by atoms with Gasteiger partial charge in [0.05, 0.1) is 0 Å². The van der Waals surface area contributed by atoms with Crippen molar-refractivity contribution >= 4 is 11.7 Å². The highest BCUT2D eigenvalue weighted by Gasteiger charge is 2.30. The average molecular weight is 206 g/mol. The number of carbonyl (C=O) groups is 1. The molecule has 0 aliphatic carbocycles. The van der Waals surface area contributed by atoms with Crippen LogP contribution in [-0.2, 0) is 11.8 Å². The van der Waals surface area contributed by atoms with Gasteiger partial charge in [-0.05, 0) is 12.0 Å². The minimum absolute atomic E-state index is 0.0364. The molecule has 2 rings (SSSR count). The van der Waals surface area contributed by atoms with E-state index in [2.05, 4.69) is 15.4 Å². The SMILES string of the molecule is CC(C)C1N=C(c2ccn(C)n2)NC1=O. The summed E-state index contributed by atoms with van der Waals surface area (Å²) in [5.74, 6) is 0.760. The van der Waals surface area contributed by atoms with Crippen LogP contribution in [0, 0.1) is 5.92 Å². The van der Waals surface area contributed by atoms with Crippen molar-refractivity contribution in [3.8, 4) is 0 Å². The molecule has 5 nitrogen and oxygen atoms in total. The van der Waals surface area contributed by atoms with Crippen molar-refractivity contribution in [3.05, 3.63) is 18.0 Å². The third kappa shape index (κ3) is 1.77. The van der Waals surface area contributed by atoms with Gasteiger partial charge in [-0.1, -0.05) is 13.8 Å². The molecular formula is C10H14N4O. The molecule has 2 heterocycles. The molecule has 1 aromatic heterocycles. The van der Waals surface area contributed by atoms with Gasteiger partial charge < -0.3 is 5.32 Å². The second-order valence-corrected chi connectivity index (χ2v) is 4.03. The molecule has 1 amide bonds. The van der Waals surface area contributed by atoms with Gasteiger partial charge in [0.15, 0.2) is 5.84 Å². The predicted molar refractivity (Wildman–Crippen MR) is 56.5 cm³/mol. The van der Waals surface area contributed by atoms with Gasteiger partial charge in [-0.15, -0.1) is 0 Å². The lowest BCUT2D eigenvalue weighted by Crippen LogP contribution is -2.31. The second-order valence-electron chi connectivity index (χ2n) is 4.03. The summed E-state index contributed by atoms with van der Waals surface area (Å²) in [6.45, 7) is 3.96. The van der Waals surface area contributed by atoms with Crippen LogP contribution in [0.25, 0.3) is 0 Å². The molecule has 1 aromatic rings. The van der Waals surface area contributed by atoms with Gasteiger partial charge in [0.25, 0.3) is 5.91 Å². The first-order chi connectivity index (χ1) is 7.08. The molecule has 0 bridgehead atoms. The van der Waals surface area contributed by atoms with E-state index < -0.39 is 0 Å². The first kappa shape index (κ1) is 9.89. The third-order valence-corrected chi connectivity index (χ3v) is 2.37. The summed E-state index contributed by atoms with van der Waals surface area (Å²) in [7, 11) is 1.83. The number of aliphatic imine (C=N–C) groups is 1. The monoisotopic (exact) mass is 206 g/mol. The van der Waals surface area contributed by atoms with Crippen LogP contribution in [0.1, 0.15) is 19.5 Å². The molecule has 5 heteroatoms. The standard InChI is InChI=1S/C10H14N4O/c1-6(2)8-10(15)12-9(11-8)7-4-5-14(3)13-7/h4-6,8H,1-3H3,(H,11,12,15). The molecule has 1 aliphatic heterocycles. The highest BCUT2D eigenvalue weighted by atomic mass is 16.2. The van der Waals surface area contributed by atoms with Gasteiger partial charge in [-0.2, -0.15) is 5.10 Å². The lowest BCUT2D eigenvalue weighted by molar-refractivity contribution is -0.120. The van der Waals surface area contributed by atoms with Crippen LogP contribution >= 0.6 is 0 Å². The summed E-state index contributed by atoms with van der Waals surface area (Å²) in [5, 5.41) is 6.94. The molecule has 15 heavy (non-hydrogen) atoms. The maximum absolute atomic E-state index is 11.5. The zero-order valence-corrected chi connectivity index (χ0v) is 9.06. The molecular weight excluding hydrogens is 192 g/mol. The maximum Gasteiger partial charge on any atom is 0.250 e. The van der Waals surface area contributed by atoms with E-state index in [4.69, 9.17) is 0 Å².